The second-order valence-corrected chi connectivity index (χ2v) is 15.5. The van der Waals surface area contributed by atoms with Crippen LogP contribution in [0.25, 0.3) is 10.9 Å². The van der Waals surface area contributed by atoms with E-state index >= 15 is 0 Å². The average Bonchev–Trinajstić information content (AvgIpc) is 3.69. The predicted molar refractivity (Wildman–Crippen MR) is 230 cm³/mol. The van der Waals surface area contributed by atoms with Crippen LogP contribution in [0, 0.1) is 0 Å². The number of nitrogens with one attached hydrogen (secondary N) is 6. The Balaban J connectivity index is 1.18. The fraction of sp³-hybridized carbons (Fsp3) is 0.304. The molecule has 9 N–H and O–H groups in total. The fourth-order valence-corrected chi connectivity index (χ4v) is 6.75. The number of phenolic OH excluding ortho intramolecular Hbond substituents is 1. The molecule has 0 spiro atoms. The molecule has 67 heavy (non-hydrogen) atoms. The van der Waals surface area contributed by atoms with Gasteiger partial charge in [0.05, 0.1) is 23.7 Å². The van der Waals surface area contributed by atoms with E-state index in [9.17, 15) is 60.2 Å². The number of esters is 1. The number of halogens is 6. The summed E-state index contributed by atoms with van der Waals surface area (Å²) in [7, 11) is 0. The highest BCUT2D eigenvalue weighted by molar-refractivity contribution is 5.93. The number of benzene rings is 4. The molecule has 0 fully saturated rings. The van der Waals surface area contributed by atoms with Crippen molar-refractivity contribution in [2.45, 2.75) is 75.7 Å². The molecule has 5 rings (SSSR count). The molecule has 0 aliphatic carbocycles. The van der Waals surface area contributed by atoms with Gasteiger partial charge in [0.1, 0.15) is 30.5 Å². The third kappa shape index (κ3) is 15.3. The molecule has 1 aromatic heterocycles. The van der Waals surface area contributed by atoms with E-state index in [0.717, 1.165) is 0 Å². The topological polar surface area (TPSA) is 234 Å². The minimum atomic E-state index is -5.14. The summed E-state index contributed by atoms with van der Waals surface area (Å²) in [5, 5.41) is 22.5. The smallest absolute Gasteiger partial charge is 0.416 e. The lowest BCUT2D eigenvalue weighted by molar-refractivity contribution is -0.149. The maximum Gasteiger partial charge on any atom is 0.416 e. The number of aromatic hydroxyl groups is 1. The van der Waals surface area contributed by atoms with Crippen molar-refractivity contribution in [2.24, 2.45) is 5.73 Å². The molecule has 21 heteroatoms. The monoisotopic (exact) mass is 939 g/mol. The second kappa shape index (κ2) is 22.7. The zero-order valence-electron chi connectivity index (χ0n) is 35.7. The SMILES string of the molecule is C[C@@H](NC(=O)[C@@H](N)Cc1ccc(O)cc1)C(=O)NCC(=O)N[C@@H](Cc1ccccc1)C(=O)NCCC(=O)N[C@@H](Cc1c[nH]c2ccccc12)C(=O)OCc1cc(C(F)(F)F)cc(C(F)(F)F)c1. The number of aromatic nitrogens is 1. The molecule has 0 aliphatic heterocycles. The first kappa shape index (κ1) is 50.6. The third-order valence-corrected chi connectivity index (χ3v) is 10.2. The van der Waals surface area contributed by atoms with Gasteiger partial charge in [0.25, 0.3) is 0 Å². The van der Waals surface area contributed by atoms with Crippen molar-refractivity contribution < 1.29 is 65.0 Å². The number of carbonyl (C=O) groups excluding carboxylic acids is 6. The molecular formula is C46H47F6N7O8. The number of ether oxygens (including phenoxy) is 1. The number of hydrogen-bond acceptors (Lipinski definition) is 9. The van der Waals surface area contributed by atoms with Crippen LogP contribution in [0.3, 0.4) is 0 Å². The number of carbonyl (C=O) groups is 6. The fourth-order valence-electron chi connectivity index (χ4n) is 6.75. The largest absolute Gasteiger partial charge is 0.508 e. The number of aromatic amines is 1. The van der Waals surface area contributed by atoms with E-state index in [1.54, 1.807) is 72.9 Å². The highest BCUT2D eigenvalue weighted by Crippen LogP contribution is 2.36. The van der Waals surface area contributed by atoms with E-state index in [0.29, 0.717) is 39.7 Å². The Morgan fingerprint density at radius 2 is 1.28 bits per heavy atom. The molecule has 0 saturated heterocycles. The van der Waals surface area contributed by atoms with Crippen LogP contribution in [0.2, 0.25) is 0 Å². The normalized spacial score (nSPS) is 13.4. The van der Waals surface area contributed by atoms with Gasteiger partial charge in [-0.25, -0.2) is 4.79 Å². The van der Waals surface area contributed by atoms with E-state index in [1.165, 1.54) is 19.1 Å². The summed E-state index contributed by atoms with van der Waals surface area (Å²) >= 11 is 0. The molecule has 4 atom stereocenters. The van der Waals surface area contributed by atoms with Crippen molar-refractivity contribution in [1.29, 1.82) is 0 Å². The van der Waals surface area contributed by atoms with Gasteiger partial charge < -0.3 is 47.1 Å². The van der Waals surface area contributed by atoms with Crippen molar-refractivity contribution in [3.05, 3.63) is 137 Å². The second-order valence-electron chi connectivity index (χ2n) is 15.5. The molecule has 0 radical (unpaired) electrons. The van der Waals surface area contributed by atoms with Crippen LogP contribution in [-0.2, 0) is 71.7 Å². The van der Waals surface area contributed by atoms with Gasteiger partial charge in [-0.15, -0.1) is 0 Å². The minimum Gasteiger partial charge on any atom is -0.508 e. The summed E-state index contributed by atoms with van der Waals surface area (Å²) in [6.07, 6.45) is -9.26. The van der Waals surface area contributed by atoms with Crippen molar-refractivity contribution in [3.63, 3.8) is 0 Å². The van der Waals surface area contributed by atoms with Crippen LogP contribution < -0.4 is 32.3 Å². The average molecular weight is 940 g/mol. The van der Waals surface area contributed by atoms with E-state index in [-0.39, 0.29) is 37.6 Å². The van der Waals surface area contributed by atoms with E-state index in [1.807, 2.05) is 0 Å². The molecule has 0 aliphatic rings. The Bertz CT molecular complexity index is 2500. The number of nitrogens with two attached hydrogens (primary N) is 1. The van der Waals surface area contributed by atoms with Crippen molar-refractivity contribution in [2.75, 3.05) is 13.1 Å². The zero-order chi connectivity index (χ0) is 48.9. The van der Waals surface area contributed by atoms with Crippen LogP contribution in [-0.4, -0.2) is 82.9 Å². The summed E-state index contributed by atoms with van der Waals surface area (Å²) in [4.78, 5) is 81.6. The number of alkyl halides is 6. The van der Waals surface area contributed by atoms with Crippen molar-refractivity contribution in [1.82, 2.24) is 31.6 Å². The number of phenols is 1. The molecule has 5 amide bonds. The first-order valence-electron chi connectivity index (χ1n) is 20.7. The number of rotatable bonds is 20. The van der Waals surface area contributed by atoms with Gasteiger partial charge in [-0.2, -0.15) is 26.3 Å². The molecule has 0 unspecified atom stereocenters. The number of para-hydroxylation sites is 1. The lowest BCUT2D eigenvalue weighted by atomic mass is 10.0. The van der Waals surface area contributed by atoms with Gasteiger partial charge in [0.15, 0.2) is 0 Å². The number of fused-ring (bicyclic) bond motifs is 1. The van der Waals surface area contributed by atoms with Crippen LogP contribution in [0.15, 0.2) is 103 Å². The van der Waals surface area contributed by atoms with Gasteiger partial charge in [-0.05, 0) is 72.0 Å². The zero-order valence-corrected chi connectivity index (χ0v) is 35.7. The van der Waals surface area contributed by atoms with E-state index in [4.69, 9.17) is 10.5 Å². The van der Waals surface area contributed by atoms with Crippen LogP contribution in [0.5, 0.6) is 5.75 Å². The molecule has 356 valence electrons. The van der Waals surface area contributed by atoms with Crippen molar-refractivity contribution >= 4 is 46.4 Å². The Labute approximate surface area is 379 Å². The quantitative estimate of drug-likeness (QED) is 0.0414. The third-order valence-electron chi connectivity index (χ3n) is 10.2. The maximum atomic E-state index is 13.5. The summed E-state index contributed by atoms with van der Waals surface area (Å²) in [5.41, 5.74) is 4.68. The number of hydrogen-bond donors (Lipinski definition) is 8. The van der Waals surface area contributed by atoms with Crippen LogP contribution >= 0.6 is 0 Å². The van der Waals surface area contributed by atoms with Crippen molar-refractivity contribution in [3.8, 4) is 5.75 Å². The summed E-state index contributed by atoms with van der Waals surface area (Å²) in [6, 6.07) is 17.5. The molecule has 0 saturated carbocycles. The molecule has 5 aromatic rings. The molecule has 4 aromatic carbocycles. The first-order valence-corrected chi connectivity index (χ1v) is 20.7. The first-order chi connectivity index (χ1) is 31.7. The summed E-state index contributed by atoms with van der Waals surface area (Å²) in [5.74, 6) is -4.80. The molecule has 1 heterocycles. The Morgan fingerprint density at radius 1 is 0.672 bits per heavy atom. The van der Waals surface area contributed by atoms with Gasteiger partial charge in [0.2, 0.25) is 29.5 Å². The minimum absolute atomic E-state index is 0.0151. The Morgan fingerprint density at radius 3 is 1.94 bits per heavy atom. The highest BCUT2D eigenvalue weighted by Gasteiger charge is 2.37. The van der Waals surface area contributed by atoms with E-state index < -0.39 is 108 Å². The molecular weight excluding hydrogens is 893 g/mol. The highest BCUT2D eigenvalue weighted by atomic mass is 19.4. The summed E-state index contributed by atoms with van der Waals surface area (Å²) in [6.45, 7) is -0.531. The van der Waals surface area contributed by atoms with E-state index in [2.05, 4.69) is 31.6 Å². The van der Waals surface area contributed by atoms with Gasteiger partial charge >= 0.3 is 18.3 Å². The number of amides is 5. The summed E-state index contributed by atoms with van der Waals surface area (Å²) < 4.78 is 86.1. The van der Waals surface area contributed by atoms with Gasteiger partial charge in [-0.1, -0.05) is 60.7 Å². The van der Waals surface area contributed by atoms with Gasteiger partial charge in [-0.3, -0.25) is 24.0 Å². The van der Waals surface area contributed by atoms with Gasteiger partial charge in [0, 0.05) is 42.9 Å². The Kier molecular flexibility index (Phi) is 17.1. The Hall–Kier alpha value is -7.42. The maximum absolute atomic E-state index is 13.5. The predicted octanol–water partition coefficient (Wildman–Crippen LogP) is 4.11. The number of H-pyrrole nitrogens is 1. The van der Waals surface area contributed by atoms with Crippen LogP contribution in [0.1, 0.15) is 46.7 Å². The van der Waals surface area contributed by atoms with Crippen LogP contribution in [0.4, 0.5) is 26.3 Å². The molecule has 0 bridgehead atoms. The molecule has 15 nitrogen and oxygen atoms in total. The lowest BCUT2D eigenvalue weighted by Gasteiger charge is -2.21. The lowest BCUT2D eigenvalue weighted by Crippen LogP contribution is -2.54. The standard InChI is InChI=1S/C46H47F6N7O8/c1-26(57-42(64)35(53)19-28-11-13-33(60)14-12-28)41(63)56-24-40(62)58-37(20-27-7-3-2-4-8-27)43(65)54-16-15-39(61)59-38(21-30-23-55-36-10-6-5-9-34(30)36)44(66)67-25-29-17-31(45(47,48)49)22-32(18-29)46(50,51)52/h2-14,17-18,22-23,26,35,37-38,55,60H,15-16,19-21,24-25,53H2,1H3,(H,54,65)(H,56,63)(H,57,64)(H,58,62)(H,59,61)/t26-,35+,37+,38+/m1/s1.